The second-order valence-electron chi connectivity index (χ2n) is 4.41. The SMILES string of the molecule is N=C1C=CC(S(=O)(=O)O)=C/C1=N/Nc1cc(C(=O)O)ccc1O. The second kappa shape index (κ2) is 6.02. The van der Waals surface area contributed by atoms with Crippen LogP contribution in [0.5, 0.6) is 5.75 Å². The van der Waals surface area contributed by atoms with Crippen LogP contribution in [0.3, 0.4) is 0 Å². The Labute approximate surface area is 130 Å². The minimum Gasteiger partial charge on any atom is -0.506 e. The maximum Gasteiger partial charge on any atom is 0.335 e. The van der Waals surface area contributed by atoms with Gasteiger partial charge in [0.15, 0.2) is 0 Å². The maximum atomic E-state index is 11.1. The van der Waals surface area contributed by atoms with Gasteiger partial charge in [0.2, 0.25) is 0 Å². The Morgan fingerprint density at radius 2 is 1.96 bits per heavy atom. The van der Waals surface area contributed by atoms with Crippen LogP contribution in [0.4, 0.5) is 5.69 Å². The standard InChI is InChI=1S/C13H11N3O6S/c14-9-3-2-8(23(20,21)22)6-10(9)15-16-11-5-7(13(18)19)1-4-12(11)17/h1-6,14,16-17H,(H,18,19)(H,20,21,22)/b14-9?,15-10-. The van der Waals surface area contributed by atoms with Crippen molar-refractivity contribution in [3.05, 3.63) is 46.9 Å². The molecule has 0 bridgehead atoms. The third-order valence-electron chi connectivity index (χ3n) is 2.81. The van der Waals surface area contributed by atoms with Crippen LogP contribution in [0.25, 0.3) is 0 Å². The molecule has 0 aromatic heterocycles. The van der Waals surface area contributed by atoms with Crippen molar-refractivity contribution in [2.24, 2.45) is 5.10 Å². The van der Waals surface area contributed by atoms with E-state index in [1.54, 1.807) is 0 Å². The second-order valence-corrected chi connectivity index (χ2v) is 5.84. The maximum absolute atomic E-state index is 11.1. The number of phenols is 1. The lowest BCUT2D eigenvalue weighted by atomic mass is 10.1. The number of aromatic hydroxyl groups is 1. The van der Waals surface area contributed by atoms with Gasteiger partial charge in [0.1, 0.15) is 11.5 Å². The van der Waals surface area contributed by atoms with Gasteiger partial charge in [0, 0.05) is 0 Å². The van der Waals surface area contributed by atoms with E-state index in [4.69, 9.17) is 15.1 Å². The first-order valence-electron chi connectivity index (χ1n) is 6.04. The fourth-order valence-electron chi connectivity index (χ4n) is 1.64. The lowest BCUT2D eigenvalue weighted by Gasteiger charge is -2.09. The van der Waals surface area contributed by atoms with Crippen LogP contribution in [0, 0.1) is 5.41 Å². The van der Waals surface area contributed by atoms with Crippen molar-refractivity contribution in [1.29, 1.82) is 5.41 Å². The summed E-state index contributed by atoms with van der Waals surface area (Å²) in [4.78, 5) is 10.4. The Bertz CT molecular complexity index is 883. The van der Waals surface area contributed by atoms with Gasteiger partial charge < -0.3 is 10.2 Å². The van der Waals surface area contributed by atoms with E-state index in [-0.39, 0.29) is 28.4 Å². The molecule has 1 aliphatic rings. The molecule has 1 aromatic rings. The molecule has 0 unspecified atom stereocenters. The number of benzene rings is 1. The summed E-state index contributed by atoms with van der Waals surface area (Å²) >= 11 is 0. The Hall–Kier alpha value is -2.98. The fourth-order valence-corrected chi connectivity index (χ4v) is 2.14. The predicted molar refractivity (Wildman–Crippen MR) is 82.6 cm³/mol. The first kappa shape index (κ1) is 16.4. The van der Waals surface area contributed by atoms with Crippen LogP contribution in [0.15, 0.2) is 46.4 Å². The molecule has 0 radical (unpaired) electrons. The van der Waals surface area contributed by atoms with Crippen molar-refractivity contribution in [3.63, 3.8) is 0 Å². The number of hydrogen-bond donors (Lipinski definition) is 5. The Balaban J connectivity index is 2.34. The monoisotopic (exact) mass is 337 g/mol. The lowest BCUT2D eigenvalue weighted by molar-refractivity contribution is 0.0697. The van der Waals surface area contributed by atoms with Gasteiger partial charge in [-0.15, -0.1) is 0 Å². The highest BCUT2D eigenvalue weighted by atomic mass is 32.2. The van der Waals surface area contributed by atoms with Gasteiger partial charge in [0.25, 0.3) is 10.1 Å². The number of carbonyl (C=O) groups is 1. The summed E-state index contributed by atoms with van der Waals surface area (Å²) in [5, 5.41) is 29.9. The summed E-state index contributed by atoms with van der Waals surface area (Å²) in [5.41, 5.74) is 1.96. The zero-order valence-corrected chi connectivity index (χ0v) is 12.2. The average molecular weight is 337 g/mol. The van der Waals surface area contributed by atoms with Gasteiger partial charge in [-0.05, 0) is 36.4 Å². The molecule has 0 spiro atoms. The third kappa shape index (κ3) is 3.81. The number of carboxylic acids is 1. The highest BCUT2D eigenvalue weighted by Gasteiger charge is 2.18. The predicted octanol–water partition coefficient (Wildman–Crippen LogP) is 1.22. The van der Waals surface area contributed by atoms with Crippen molar-refractivity contribution >= 4 is 33.2 Å². The first-order valence-corrected chi connectivity index (χ1v) is 7.48. The van der Waals surface area contributed by atoms with Crippen LogP contribution in [-0.2, 0) is 10.1 Å². The van der Waals surface area contributed by atoms with E-state index in [1.807, 2.05) is 0 Å². The molecule has 0 saturated carbocycles. The van der Waals surface area contributed by atoms with E-state index in [2.05, 4.69) is 10.5 Å². The minimum atomic E-state index is -4.45. The molecule has 0 atom stereocenters. The van der Waals surface area contributed by atoms with Gasteiger partial charge in [-0.25, -0.2) is 4.79 Å². The highest BCUT2D eigenvalue weighted by Crippen LogP contribution is 2.24. The Morgan fingerprint density at radius 3 is 2.57 bits per heavy atom. The number of nitrogens with one attached hydrogen (secondary N) is 2. The molecule has 5 N–H and O–H groups in total. The summed E-state index contributed by atoms with van der Waals surface area (Å²) in [7, 11) is -4.45. The smallest absolute Gasteiger partial charge is 0.335 e. The molecule has 1 aliphatic carbocycles. The summed E-state index contributed by atoms with van der Waals surface area (Å²) in [5.74, 6) is -1.49. The van der Waals surface area contributed by atoms with E-state index in [9.17, 15) is 18.3 Å². The van der Waals surface area contributed by atoms with Gasteiger partial charge in [0.05, 0.1) is 21.9 Å². The minimum absolute atomic E-state index is 0.0402. The number of hydrazone groups is 1. The highest BCUT2D eigenvalue weighted by molar-refractivity contribution is 7.90. The van der Waals surface area contributed by atoms with E-state index in [0.717, 1.165) is 30.4 Å². The fraction of sp³-hybridized carbons (Fsp3) is 0. The molecule has 120 valence electrons. The van der Waals surface area contributed by atoms with Crippen LogP contribution >= 0.6 is 0 Å². The summed E-state index contributed by atoms with van der Waals surface area (Å²) < 4.78 is 31.1. The van der Waals surface area contributed by atoms with Crippen molar-refractivity contribution in [3.8, 4) is 5.75 Å². The number of anilines is 1. The zero-order chi connectivity index (χ0) is 17.2. The van der Waals surface area contributed by atoms with Crippen LogP contribution in [0.2, 0.25) is 0 Å². The number of allylic oxidation sites excluding steroid dienone is 3. The summed E-state index contributed by atoms with van der Waals surface area (Å²) in [6, 6.07) is 3.46. The normalized spacial score (nSPS) is 16.3. The van der Waals surface area contributed by atoms with E-state index in [1.165, 1.54) is 6.07 Å². The molecule has 0 aliphatic heterocycles. The molecule has 23 heavy (non-hydrogen) atoms. The largest absolute Gasteiger partial charge is 0.506 e. The number of nitrogens with zero attached hydrogens (tertiary/aromatic N) is 1. The molecule has 0 fully saturated rings. The molecule has 2 rings (SSSR count). The van der Waals surface area contributed by atoms with Gasteiger partial charge in [-0.2, -0.15) is 13.5 Å². The average Bonchev–Trinajstić information content (AvgIpc) is 2.46. The lowest BCUT2D eigenvalue weighted by Crippen LogP contribution is -2.16. The zero-order valence-electron chi connectivity index (χ0n) is 11.4. The molecule has 1 aromatic carbocycles. The van der Waals surface area contributed by atoms with Crippen molar-refractivity contribution in [1.82, 2.24) is 0 Å². The molecular weight excluding hydrogens is 326 g/mol. The number of carboxylic acid groups (broad SMARTS) is 1. The van der Waals surface area contributed by atoms with Gasteiger partial charge >= 0.3 is 5.97 Å². The van der Waals surface area contributed by atoms with Crippen molar-refractivity contribution in [2.45, 2.75) is 0 Å². The van der Waals surface area contributed by atoms with Crippen LogP contribution < -0.4 is 5.43 Å². The molecular formula is C13H11N3O6S. The van der Waals surface area contributed by atoms with Gasteiger partial charge in [-0.1, -0.05) is 0 Å². The number of phenolic OH excluding ortho intramolecular Hbond substituents is 1. The first-order chi connectivity index (χ1) is 10.7. The van der Waals surface area contributed by atoms with Gasteiger partial charge in [-0.3, -0.25) is 15.4 Å². The quantitative estimate of drug-likeness (QED) is 0.239. The van der Waals surface area contributed by atoms with E-state index < -0.39 is 21.0 Å². The summed E-state index contributed by atoms with van der Waals surface area (Å²) in [6.07, 6.45) is 3.12. The molecule has 0 amide bonds. The number of hydrogen-bond acceptors (Lipinski definition) is 7. The van der Waals surface area contributed by atoms with Crippen LogP contribution in [-0.4, -0.2) is 40.6 Å². The van der Waals surface area contributed by atoms with E-state index in [0.29, 0.717) is 0 Å². The summed E-state index contributed by atoms with van der Waals surface area (Å²) in [6.45, 7) is 0. The molecule has 0 heterocycles. The molecule has 0 saturated heterocycles. The van der Waals surface area contributed by atoms with Crippen molar-refractivity contribution < 1.29 is 28.0 Å². The number of rotatable bonds is 4. The Kier molecular flexibility index (Phi) is 4.29. The number of aromatic carboxylic acids is 1. The Morgan fingerprint density at radius 1 is 1.26 bits per heavy atom. The van der Waals surface area contributed by atoms with Crippen LogP contribution in [0.1, 0.15) is 10.4 Å². The van der Waals surface area contributed by atoms with Crippen molar-refractivity contribution in [2.75, 3.05) is 5.43 Å². The topological polar surface area (TPSA) is 160 Å². The van der Waals surface area contributed by atoms with E-state index >= 15 is 0 Å². The molecule has 9 nitrogen and oxygen atoms in total. The third-order valence-corrected chi connectivity index (χ3v) is 3.66. The molecule has 10 heteroatoms.